The third-order valence-electron chi connectivity index (χ3n) is 2.62. The number of carbonyl (C=O) groups excluding carboxylic acids is 1. The topological polar surface area (TPSA) is 63.6 Å². The van der Waals surface area contributed by atoms with E-state index in [2.05, 4.69) is 0 Å². The molecule has 0 aliphatic rings. The highest BCUT2D eigenvalue weighted by atomic mass is 32.1. The number of quaternary nitrogens is 1. The second-order valence-corrected chi connectivity index (χ2v) is 6.54. The van der Waals surface area contributed by atoms with Crippen LogP contribution in [0.2, 0.25) is 0 Å². The molecular weight excluding hydrogens is 266 g/mol. The van der Waals surface area contributed by atoms with Crippen LogP contribution in [0.5, 0.6) is 0 Å². The largest absolute Gasteiger partial charge is 0.481 e. The predicted octanol–water partition coefficient (Wildman–Crippen LogP) is 1.50. The quantitative estimate of drug-likeness (QED) is 0.417. The molecule has 0 rings (SSSR count). The van der Waals surface area contributed by atoms with Gasteiger partial charge in [-0.3, -0.25) is 9.59 Å². The third kappa shape index (κ3) is 9.55. The molecule has 6 heteroatoms. The number of hydrogen-bond acceptors (Lipinski definition) is 4. The van der Waals surface area contributed by atoms with E-state index in [9.17, 15) is 9.59 Å². The third-order valence-corrected chi connectivity index (χ3v) is 3.02. The molecule has 110 valence electrons. The van der Waals surface area contributed by atoms with E-state index in [4.69, 9.17) is 22.1 Å². The van der Waals surface area contributed by atoms with Crippen molar-refractivity contribution >= 4 is 29.0 Å². The molecule has 0 aliphatic carbocycles. The number of carboxylic acid groups (broad SMARTS) is 1. The molecule has 0 aromatic rings. The van der Waals surface area contributed by atoms with E-state index in [1.165, 1.54) is 0 Å². The van der Waals surface area contributed by atoms with Crippen molar-refractivity contribution in [3.63, 3.8) is 0 Å². The van der Waals surface area contributed by atoms with Crippen molar-refractivity contribution in [1.82, 2.24) is 0 Å². The van der Waals surface area contributed by atoms with Gasteiger partial charge < -0.3 is 14.3 Å². The highest BCUT2D eigenvalue weighted by Gasteiger charge is 2.25. The van der Waals surface area contributed by atoms with Crippen LogP contribution < -0.4 is 0 Å². The fourth-order valence-electron chi connectivity index (χ4n) is 1.58. The Labute approximate surface area is 120 Å². The summed E-state index contributed by atoms with van der Waals surface area (Å²) in [7, 11) is 5.77. The lowest BCUT2D eigenvalue weighted by Gasteiger charge is -2.28. The summed E-state index contributed by atoms with van der Waals surface area (Å²) in [6, 6.07) is 0. The Balaban J connectivity index is 4.50. The highest BCUT2D eigenvalue weighted by molar-refractivity contribution is 7.80. The molecule has 0 saturated heterocycles. The zero-order valence-corrected chi connectivity index (χ0v) is 13.1. The maximum Gasteiger partial charge on any atom is 0.307 e. The number of hydrogen-bond donors (Lipinski definition) is 1. The van der Waals surface area contributed by atoms with Crippen LogP contribution in [0, 0.1) is 5.92 Å². The van der Waals surface area contributed by atoms with E-state index in [0.717, 1.165) is 4.86 Å². The van der Waals surface area contributed by atoms with Gasteiger partial charge in [-0.05, 0) is 17.7 Å². The number of aliphatic carboxylic acids is 1. The minimum Gasteiger partial charge on any atom is -0.481 e. The zero-order valence-electron chi connectivity index (χ0n) is 12.3. The molecule has 0 saturated carbocycles. The predicted molar refractivity (Wildman–Crippen MR) is 77.1 cm³/mol. The number of rotatable bonds is 8. The smallest absolute Gasteiger partial charge is 0.307 e. The van der Waals surface area contributed by atoms with Crippen molar-refractivity contribution in [3.8, 4) is 0 Å². The van der Waals surface area contributed by atoms with E-state index in [0.29, 0.717) is 11.0 Å². The van der Waals surface area contributed by atoms with Gasteiger partial charge in [0.25, 0.3) is 0 Å². The first kappa shape index (κ1) is 18.0. The van der Waals surface area contributed by atoms with Crippen LogP contribution in [-0.2, 0) is 14.3 Å². The number of ether oxygens (including phenoxy) is 1. The van der Waals surface area contributed by atoms with E-state index in [1.54, 1.807) is 6.92 Å². The maximum atomic E-state index is 11.8. The second-order valence-electron chi connectivity index (χ2n) is 5.90. The van der Waals surface area contributed by atoms with Crippen LogP contribution in [0.1, 0.15) is 26.7 Å². The van der Waals surface area contributed by atoms with Gasteiger partial charge in [-0.15, -0.1) is 0 Å². The van der Waals surface area contributed by atoms with Gasteiger partial charge in [-0.2, -0.15) is 0 Å². The van der Waals surface area contributed by atoms with Gasteiger partial charge in [-0.1, -0.05) is 19.1 Å². The van der Waals surface area contributed by atoms with Crippen LogP contribution in [0.3, 0.4) is 0 Å². The van der Waals surface area contributed by atoms with Crippen LogP contribution >= 0.6 is 12.2 Å². The average Bonchev–Trinajstić information content (AvgIpc) is 2.12. The molecule has 5 nitrogen and oxygen atoms in total. The van der Waals surface area contributed by atoms with Gasteiger partial charge in [-0.25, -0.2) is 0 Å². The molecule has 2 atom stereocenters. The van der Waals surface area contributed by atoms with E-state index in [1.807, 2.05) is 28.1 Å². The minimum atomic E-state index is -0.967. The summed E-state index contributed by atoms with van der Waals surface area (Å²) >= 11 is 5.00. The maximum absolute atomic E-state index is 11.8. The first-order chi connectivity index (χ1) is 8.51. The van der Waals surface area contributed by atoms with Gasteiger partial charge in [0.15, 0.2) is 6.10 Å². The Hall–Kier alpha value is -1.01. The number of esters is 1. The number of thiocarbonyl (C=S) groups is 1. The molecule has 1 N–H and O–H groups in total. The van der Waals surface area contributed by atoms with E-state index >= 15 is 0 Å². The minimum absolute atomic E-state index is 0.0305. The average molecular weight is 290 g/mol. The van der Waals surface area contributed by atoms with E-state index in [-0.39, 0.29) is 18.8 Å². The molecule has 0 aromatic carbocycles. The number of carbonyl (C=O) groups is 2. The molecule has 0 fully saturated rings. The van der Waals surface area contributed by atoms with Crippen LogP contribution in [0.15, 0.2) is 0 Å². The zero-order chi connectivity index (χ0) is 15.2. The SMILES string of the molecule is CC(=S)C(C)CC(=O)OC(CC(=O)O)C[N+](C)(C)C. The summed E-state index contributed by atoms with van der Waals surface area (Å²) in [6.45, 7) is 4.10. The normalized spacial score (nSPS) is 14.6. The van der Waals surface area contributed by atoms with Gasteiger partial charge in [0.1, 0.15) is 6.54 Å². The summed E-state index contributed by atoms with van der Waals surface area (Å²) in [5.41, 5.74) is 0. The number of carboxylic acids is 1. The van der Waals surface area contributed by atoms with Crippen molar-refractivity contribution in [3.05, 3.63) is 0 Å². The van der Waals surface area contributed by atoms with Crippen molar-refractivity contribution < 1.29 is 23.9 Å². The lowest BCUT2D eigenvalue weighted by molar-refractivity contribution is -0.873. The Bertz CT molecular complexity index is 349. The number of nitrogens with zero attached hydrogens (tertiary/aromatic N) is 1. The molecular formula is C13H24NO4S+. The standard InChI is InChI=1S/C13H23NO4S/c1-9(10(2)19)6-13(17)18-11(7-12(15)16)8-14(3,4)5/h9,11H,6-8H2,1-5H3/p+1. The van der Waals surface area contributed by atoms with E-state index < -0.39 is 18.0 Å². The molecule has 0 radical (unpaired) electrons. The molecule has 0 aliphatic heterocycles. The van der Waals surface area contributed by atoms with Crippen LogP contribution in [-0.4, -0.2) is 60.2 Å². The fraction of sp³-hybridized carbons (Fsp3) is 0.769. The summed E-state index contributed by atoms with van der Waals surface area (Å²) in [5, 5.41) is 8.84. The summed E-state index contributed by atoms with van der Waals surface area (Å²) in [5.74, 6) is -1.39. The van der Waals surface area contributed by atoms with Gasteiger partial charge in [0.05, 0.1) is 34.0 Å². The molecule has 2 unspecified atom stereocenters. The molecule has 0 aromatic heterocycles. The lowest BCUT2D eigenvalue weighted by Crippen LogP contribution is -2.44. The summed E-state index contributed by atoms with van der Waals surface area (Å²) in [6.07, 6.45) is -0.586. The van der Waals surface area contributed by atoms with Crippen LogP contribution in [0.4, 0.5) is 0 Å². The molecule has 0 amide bonds. The Morgan fingerprint density at radius 1 is 1.26 bits per heavy atom. The van der Waals surface area contributed by atoms with Crippen molar-refractivity contribution in [2.24, 2.45) is 5.92 Å². The lowest BCUT2D eigenvalue weighted by atomic mass is 10.1. The Kier molecular flexibility index (Phi) is 7.15. The summed E-state index contributed by atoms with van der Waals surface area (Å²) in [4.78, 5) is 23.3. The molecule has 0 heterocycles. The monoisotopic (exact) mass is 290 g/mol. The van der Waals surface area contributed by atoms with Crippen molar-refractivity contribution in [2.45, 2.75) is 32.8 Å². The molecule has 0 spiro atoms. The van der Waals surface area contributed by atoms with Crippen LogP contribution in [0.25, 0.3) is 0 Å². The first-order valence-corrected chi connectivity index (χ1v) is 6.64. The van der Waals surface area contributed by atoms with Gasteiger partial charge >= 0.3 is 11.9 Å². The molecule has 19 heavy (non-hydrogen) atoms. The fourth-order valence-corrected chi connectivity index (χ4v) is 1.66. The van der Waals surface area contributed by atoms with Gasteiger partial charge in [0, 0.05) is 0 Å². The van der Waals surface area contributed by atoms with Crippen molar-refractivity contribution in [1.29, 1.82) is 0 Å². The Morgan fingerprint density at radius 3 is 2.16 bits per heavy atom. The van der Waals surface area contributed by atoms with Crippen molar-refractivity contribution in [2.75, 3.05) is 27.7 Å². The highest BCUT2D eigenvalue weighted by Crippen LogP contribution is 2.11. The Morgan fingerprint density at radius 2 is 1.79 bits per heavy atom. The second kappa shape index (κ2) is 7.55. The number of likely N-dealkylation sites (N-methyl/N-ethyl adjacent to an activating group) is 1. The first-order valence-electron chi connectivity index (χ1n) is 6.23. The summed E-state index contributed by atoms with van der Waals surface area (Å²) < 4.78 is 5.80. The molecule has 0 bridgehead atoms. The van der Waals surface area contributed by atoms with Gasteiger partial charge in [0.2, 0.25) is 0 Å².